The normalized spacial score (nSPS) is 10.8. The summed E-state index contributed by atoms with van der Waals surface area (Å²) in [5.41, 5.74) is 4.98. The van der Waals surface area contributed by atoms with Crippen molar-refractivity contribution in [3.8, 4) is 11.5 Å². The fourth-order valence-electron chi connectivity index (χ4n) is 1.55. The Morgan fingerprint density at radius 1 is 1.23 bits per heavy atom. The number of hydrogen-bond acceptors (Lipinski definition) is 6. The summed E-state index contributed by atoms with van der Waals surface area (Å²) in [6.45, 7) is 5.86. The molecule has 3 N–H and O–H groups in total. The molecule has 0 spiro atoms. The molecule has 0 saturated carbocycles. The van der Waals surface area contributed by atoms with Crippen LogP contribution in [0, 0.1) is 0 Å². The highest BCUT2D eigenvalue weighted by Crippen LogP contribution is 2.29. The van der Waals surface area contributed by atoms with E-state index in [9.17, 15) is 9.59 Å². The number of hydrogen-bond donors (Lipinski definition) is 2. The minimum absolute atomic E-state index is 0.108. The summed E-state index contributed by atoms with van der Waals surface area (Å²) in [5, 5.41) is 2.63. The lowest BCUT2D eigenvalue weighted by Gasteiger charge is -2.19. The minimum atomic E-state index is -0.870. The zero-order valence-electron chi connectivity index (χ0n) is 13.3. The van der Waals surface area contributed by atoms with Gasteiger partial charge >= 0.3 is 6.16 Å². The number of nitrogens with one attached hydrogen (secondary N) is 1. The zero-order chi connectivity index (χ0) is 16.8. The minimum Gasteiger partial charge on any atom is -0.493 e. The molecule has 0 radical (unpaired) electrons. The second-order valence-corrected chi connectivity index (χ2v) is 5.48. The molecule has 1 aromatic carbocycles. The number of carbonyl (C=O) groups is 2. The van der Waals surface area contributed by atoms with Gasteiger partial charge in [-0.15, -0.1) is 0 Å². The van der Waals surface area contributed by atoms with E-state index in [1.807, 2.05) is 0 Å². The molecule has 0 aliphatic rings. The molecule has 7 heteroatoms. The Morgan fingerprint density at radius 2 is 1.91 bits per heavy atom. The maximum absolute atomic E-state index is 11.9. The van der Waals surface area contributed by atoms with Crippen LogP contribution in [0.4, 0.5) is 4.79 Å². The number of ether oxygens (including phenoxy) is 3. The highest BCUT2D eigenvalue weighted by Gasteiger charge is 2.20. The van der Waals surface area contributed by atoms with E-state index >= 15 is 0 Å². The Hall–Kier alpha value is -2.28. The first-order valence-corrected chi connectivity index (χ1v) is 6.84. The van der Waals surface area contributed by atoms with Crippen molar-refractivity contribution in [2.45, 2.75) is 26.4 Å². The molecule has 0 aromatic heterocycles. The van der Waals surface area contributed by atoms with Gasteiger partial charge in [-0.3, -0.25) is 4.79 Å². The summed E-state index contributed by atoms with van der Waals surface area (Å²) < 4.78 is 15.3. The molecule has 22 heavy (non-hydrogen) atoms. The molecular weight excluding hydrogens is 288 g/mol. The number of amides is 1. The number of carbonyl (C=O) groups excluding carboxylic acids is 2. The predicted octanol–water partition coefficient (Wildman–Crippen LogP) is 1.70. The molecule has 0 heterocycles. The predicted molar refractivity (Wildman–Crippen MR) is 81.2 cm³/mol. The monoisotopic (exact) mass is 310 g/mol. The Bertz CT molecular complexity index is 537. The Kier molecular flexibility index (Phi) is 6.18. The van der Waals surface area contributed by atoms with Crippen LogP contribution in [0.25, 0.3) is 0 Å². The quantitative estimate of drug-likeness (QED) is 0.634. The van der Waals surface area contributed by atoms with Gasteiger partial charge in [0.15, 0.2) is 11.5 Å². The van der Waals surface area contributed by atoms with E-state index in [4.69, 9.17) is 19.9 Å². The molecule has 0 aliphatic heterocycles. The van der Waals surface area contributed by atoms with Crippen LogP contribution in [-0.4, -0.2) is 37.9 Å². The molecule has 0 fully saturated rings. The molecular formula is C15H22N2O5. The van der Waals surface area contributed by atoms with Crippen LogP contribution in [0.15, 0.2) is 18.2 Å². The lowest BCUT2D eigenvalue weighted by Crippen LogP contribution is -2.29. The summed E-state index contributed by atoms with van der Waals surface area (Å²) in [6.07, 6.45) is -0.870. The van der Waals surface area contributed by atoms with Gasteiger partial charge in [0.2, 0.25) is 0 Å². The van der Waals surface area contributed by atoms with Crippen LogP contribution in [0.3, 0.4) is 0 Å². The third kappa shape index (κ3) is 5.61. The SMILES string of the molecule is COc1ccc(C(=O)NCCN)cc1OC(=O)OC(C)(C)C. The lowest BCUT2D eigenvalue weighted by molar-refractivity contribution is 0.0200. The van der Waals surface area contributed by atoms with Gasteiger partial charge in [-0.05, 0) is 39.0 Å². The van der Waals surface area contributed by atoms with Gasteiger partial charge in [0.05, 0.1) is 7.11 Å². The average molecular weight is 310 g/mol. The number of benzene rings is 1. The summed E-state index contributed by atoms with van der Waals surface area (Å²) in [7, 11) is 1.44. The van der Waals surface area contributed by atoms with Gasteiger partial charge in [0.1, 0.15) is 5.60 Å². The lowest BCUT2D eigenvalue weighted by atomic mass is 10.2. The van der Waals surface area contributed by atoms with Gasteiger partial charge in [0, 0.05) is 18.7 Å². The summed E-state index contributed by atoms with van der Waals surface area (Å²) in [4.78, 5) is 23.6. The van der Waals surface area contributed by atoms with E-state index < -0.39 is 11.8 Å². The second-order valence-electron chi connectivity index (χ2n) is 5.48. The maximum Gasteiger partial charge on any atom is 0.514 e. The van der Waals surface area contributed by atoms with Crippen molar-refractivity contribution in [2.24, 2.45) is 5.73 Å². The van der Waals surface area contributed by atoms with Gasteiger partial charge in [-0.1, -0.05) is 0 Å². The Balaban J connectivity index is 2.92. The first-order chi connectivity index (χ1) is 10.3. The van der Waals surface area contributed by atoms with E-state index in [-0.39, 0.29) is 11.7 Å². The van der Waals surface area contributed by atoms with E-state index in [0.29, 0.717) is 24.4 Å². The molecule has 0 bridgehead atoms. The topological polar surface area (TPSA) is 99.9 Å². The molecule has 0 saturated heterocycles. The molecule has 0 aliphatic carbocycles. The van der Waals surface area contributed by atoms with Crippen molar-refractivity contribution in [3.05, 3.63) is 23.8 Å². The van der Waals surface area contributed by atoms with Crippen LogP contribution in [0.1, 0.15) is 31.1 Å². The maximum atomic E-state index is 11.9. The molecule has 1 aromatic rings. The largest absolute Gasteiger partial charge is 0.514 e. The number of methoxy groups -OCH3 is 1. The fourth-order valence-corrected chi connectivity index (χ4v) is 1.55. The Morgan fingerprint density at radius 3 is 2.45 bits per heavy atom. The van der Waals surface area contributed by atoms with E-state index in [1.54, 1.807) is 26.8 Å². The summed E-state index contributed by atoms with van der Waals surface area (Å²) in [5.74, 6) is 0.112. The van der Waals surface area contributed by atoms with Crippen LogP contribution < -0.4 is 20.5 Å². The number of nitrogens with two attached hydrogens (primary N) is 1. The third-order valence-corrected chi connectivity index (χ3v) is 2.44. The molecule has 7 nitrogen and oxygen atoms in total. The fraction of sp³-hybridized carbons (Fsp3) is 0.467. The van der Waals surface area contributed by atoms with Crippen molar-refractivity contribution in [2.75, 3.05) is 20.2 Å². The average Bonchev–Trinajstić information content (AvgIpc) is 2.42. The van der Waals surface area contributed by atoms with Crippen LogP contribution in [0.5, 0.6) is 11.5 Å². The van der Waals surface area contributed by atoms with Crippen molar-refractivity contribution in [3.63, 3.8) is 0 Å². The third-order valence-electron chi connectivity index (χ3n) is 2.44. The smallest absolute Gasteiger partial charge is 0.493 e. The molecule has 1 rings (SSSR count). The molecule has 0 unspecified atom stereocenters. The van der Waals surface area contributed by atoms with Crippen LogP contribution >= 0.6 is 0 Å². The zero-order valence-corrected chi connectivity index (χ0v) is 13.3. The first-order valence-electron chi connectivity index (χ1n) is 6.84. The summed E-state index contributed by atoms with van der Waals surface area (Å²) in [6, 6.07) is 4.51. The van der Waals surface area contributed by atoms with Crippen molar-refractivity contribution in [1.82, 2.24) is 5.32 Å². The molecule has 1 amide bonds. The second kappa shape index (κ2) is 7.65. The standard InChI is InChI=1S/C15H22N2O5/c1-15(2,3)22-14(19)21-12-9-10(5-6-11(12)20-4)13(18)17-8-7-16/h5-6,9H,7-8,16H2,1-4H3,(H,17,18). The highest BCUT2D eigenvalue weighted by molar-refractivity contribution is 5.95. The van der Waals surface area contributed by atoms with Crippen LogP contribution in [0.2, 0.25) is 0 Å². The molecule has 0 atom stereocenters. The van der Waals surface area contributed by atoms with Gasteiger partial charge in [-0.2, -0.15) is 0 Å². The van der Waals surface area contributed by atoms with E-state index in [1.165, 1.54) is 19.2 Å². The Labute approximate surface area is 129 Å². The number of rotatable bonds is 5. The van der Waals surface area contributed by atoms with Crippen LogP contribution in [-0.2, 0) is 4.74 Å². The first kappa shape index (κ1) is 17.8. The summed E-state index contributed by atoms with van der Waals surface area (Å²) >= 11 is 0. The highest BCUT2D eigenvalue weighted by atomic mass is 16.7. The van der Waals surface area contributed by atoms with Gasteiger partial charge in [0.25, 0.3) is 5.91 Å². The van der Waals surface area contributed by atoms with Gasteiger partial charge in [-0.25, -0.2) is 4.79 Å². The molecule has 122 valence electrons. The van der Waals surface area contributed by atoms with Crippen molar-refractivity contribution < 1.29 is 23.8 Å². The van der Waals surface area contributed by atoms with Gasteiger partial charge < -0.3 is 25.3 Å². The van der Waals surface area contributed by atoms with Crippen molar-refractivity contribution >= 4 is 12.1 Å². The van der Waals surface area contributed by atoms with Crippen molar-refractivity contribution in [1.29, 1.82) is 0 Å². The van der Waals surface area contributed by atoms with E-state index in [2.05, 4.69) is 5.32 Å². The van der Waals surface area contributed by atoms with E-state index in [0.717, 1.165) is 0 Å².